The molecule has 1 aromatic heterocycles. The molecule has 19 heavy (non-hydrogen) atoms. The van der Waals surface area contributed by atoms with Crippen molar-refractivity contribution in [2.45, 2.75) is 26.2 Å². The molecule has 1 aromatic carbocycles. The molecule has 2 aromatic rings. The second kappa shape index (κ2) is 4.96. The molecule has 0 unspecified atom stereocenters. The van der Waals surface area contributed by atoms with Crippen LogP contribution in [0.15, 0.2) is 12.1 Å². The molecule has 0 radical (unpaired) electrons. The van der Waals surface area contributed by atoms with Gasteiger partial charge in [-0.3, -0.25) is 0 Å². The number of hydrogen-bond acceptors (Lipinski definition) is 2. The van der Waals surface area contributed by atoms with Gasteiger partial charge in [0.2, 0.25) is 0 Å². The lowest BCUT2D eigenvalue weighted by Crippen LogP contribution is -2.17. The summed E-state index contributed by atoms with van der Waals surface area (Å²) in [4.78, 5) is 4.66. The Hall–Kier alpha value is -0.780. The summed E-state index contributed by atoms with van der Waals surface area (Å²) in [6.45, 7) is 6.41. The van der Waals surface area contributed by atoms with Crippen LogP contribution in [0.25, 0.3) is 11.0 Å². The van der Waals surface area contributed by atoms with Crippen LogP contribution in [0.1, 0.15) is 26.6 Å². The topological polar surface area (TPSA) is 29.9 Å². The number of benzene rings is 1. The van der Waals surface area contributed by atoms with Gasteiger partial charge >= 0.3 is 0 Å². The first-order valence-electron chi connectivity index (χ1n) is 5.86. The Labute approximate surface area is 128 Å². The van der Waals surface area contributed by atoms with Crippen LogP contribution in [0.2, 0.25) is 5.02 Å². The van der Waals surface area contributed by atoms with Crippen molar-refractivity contribution in [1.29, 1.82) is 0 Å². The van der Waals surface area contributed by atoms with Gasteiger partial charge in [0.25, 0.3) is 0 Å². The second-order valence-corrected chi connectivity index (χ2v) is 7.06. The van der Waals surface area contributed by atoms with E-state index in [0.29, 0.717) is 9.34 Å². The van der Waals surface area contributed by atoms with E-state index >= 15 is 0 Å². The summed E-state index contributed by atoms with van der Waals surface area (Å²) in [6.07, 6.45) is 0. The zero-order valence-electron chi connectivity index (χ0n) is 11.3. The van der Waals surface area contributed by atoms with Crippen LogP contribution in [0, 0.1) is 0 Å². The summed E-state index contributed by atoms with van der Waals surface area (Å²) in [5, 5.41) is 3.55. The van der Waals surface area contributed by atoms with Crippen LogP contribution in [0.5, 0.6) is 0 Å². The molecule has 0 amide bonds. The average molecular weight is 314 g/mol. The van der Waals surface area contributed by atoms with Crippen molar-refractivity contribution in [3.05, 3.63) is 23.0 Å². The molecule has 0 saturated heterocycles. The summed E-state index contributed by atoms with van der Waals surface area (Å²) >= 11 is 15.2. The van der Waals surface area contributed by atoms with Crippen LogP contribution in [0.4, 0.5) is 5.69 Å². The van der Waals surface area contributed by atoms with Gasteiger partial charge in [0.1, 0.15) is 10.1 Å². The van der Waals surface area contributed by atoms with E-state index in [1.165, 1.54) is 0 Å². The summed E-state index contributed by atoms with van der Waals surface area (Å²) in [7, 11) is 2.01. The van der Waals surface area contributed by atoms with Gasteiger partial charge < -0.3 is 9.88 Å². The zero-order chi connectivity index (χ0) is 14.4. The minimum absolute atomic E-state index is 0.0211. The molecule has 0 spiro atoms. The number of anilines is 1. The van der Waals surface area contributed by atoms with Gasteiger partial charge in [-0.1, -0.05) is 44.6 Å². The first kappa shape index (κ1) is 14.6. The largest absolute Gasteiger partial charge is 0.340 e. The molecule has 0 saturated carbocycles. The van der Waals surface area contributed by atoms with E-state index < -0.39 is 0 Å². The van der Waals surface area contributed by atoms with Crippen LogP contribution in [0.3, 0.4) is 0 Å². The number of hydrogen-bond donors (Lipinski definition) is 2. The Bertz CT molecular complexity index is 656. The molecule has 2 rings (SSSR count). The fraction of sp³-hybridized carbons (Fsp3) is 0.385. The standard InChI is InChI=1S/C13H16ClN3S2/c1-13(2,3)11-15-9-5-7(14)8(16-12(18)19)6-10(9)17(11)4/h5-6H,1-4H3,(H2,16,18,19). The summed E-state index contributed by atoms with van der Waals surface area (Å²) in [5.74, 6) is 1.02. The Morgan fingerprint density at radius 2 is 2.05 bits per heavy atom. The van der Waals surface area contributed by atoms with E-state index in [4.69, 9.17) is 23.8 Å². The fourth-order valence-corrected chi connectivity index (χ4v) is 2.53. The van der Waals surface area contributed by atoms with Gasteiger partial charge in [0, 0.05) is 12.5 Å². The first-order valence-corrected chi connectivity index (χ1v) is 7.10. The number of nitrogens with one attached hydrogen (secondary N) is 1. The molecule has 0 aliphatic heterocycles. The van der Waals surface area contributed by atoms with Crippen molar-refractivity contribution < 1.29 is 0 Å². The molecular formula is C13H16ClN3S2. The van der Waals surface area contributed by atoms with Crippen LogP contribution >= 0.6 is 36.4 Å². The van der Waals surface area contributed by atoms with Crippen molar-refractivity contribution >= 4 is 57.5 Å². The minimum atomic E-state index is -0.0211. The molecule has 6 heteroatoms. The maximum atomic E-state index is 6.22. The Kier molecular flexibility index (Phi) is 3.82. The highest BCUT2D eigenvalue weighted by atomic mass is 35.5. The lowest BCUT2D eigenvalue weighted by Gasteiger charge is -2.17. The normalized spacial score (nSPS) is 11.9. The highest BCUT2D eigenvalue weighted by molar-refractivity contribution is 8.11. The van der Waals surface area contributed by atoms with Crippen molar-refractivity contribution in [2.75, 3.05) is 5.32 Å². The number of thiocarbonyl (C=S) groups is 1. The maximum absolute atomic E-state index is 6.22. The molecule has 102 valence electrons. The first-order chi connectivity index (χ1) is 8.70. The van der Waals surface area contributed by atoms with Gasteiger partial charge in [0.05, 0.1) is 21.7 Å². The number of halogens is 1. The third kappa shape index (κ3) is 2.88. The monoisotopic (exact) mass is 313 g/mol. The highest BCUT2D eigenvalue weighted by Gasteiger charge is 2.21. The van der Waals surface area contributed by atoms with E-state index in [1.54, 1.807) is 0 Å². The summed E-state index contributed by atoms with van der Waals surface area (Å²) < 4.78 is 2.47. The third-order valence-electron chi connectivity index (χ3n) is 2.88. The fourth-order valence-electron chi connectivity index (χ4n) is 2.09. The number of thiol groups is 1. The number of fused-ring (bicyclic) bond motifs is 1. The Morgan fingerprint density at radius 1 is 1.42 bits per heavy atom. The predicted octanol–water partition coefficient (Wildman–Crippen LogP) is 4.15. The van der Waals surface area contributed by atoms with Crippen molar-refractivity contribution in [3.63, 3.8) is 0 Å². The van der Waals surface area contributed by atoms with E-state index in [0.717, 1.165) is 22.5 Å². The molecule has 0 aliphatic rings. The van der Waals surface area contributed by atoms with E-state index in [9.17, 15) is 0 Å². The highest BCUT2D eigenvalue weighted by Crippen LogP contribution is 2.31. The van der Waals surface area contributed by atoms with Gasteiger partial charge in [-0.25, -0.2) is 4.98 Å². The van der Waals surface area contributed by atoms with E-state index in [2.05, 4.69) is 48.3 Å². The molecule has 0 bridgehead atoms. The number of aryl methyl sites for hydroxylation is 1. The van der Waals surface area contributed by atoms with Crippen LogP contribution < -0.4 is 5.32 Å². The van der Waals surface area contributed by atoms with Gasteiger partial charge in [-0.15, -0.1) is 12.6 Å². The molecule has 1 heterocycles. The lowest BCUT2D eigenvalue weighted by atomic mass is 9.96. The number of imidazole rings is 1. The van der Waals surface area contributed by atoms with Crippen LogP contribution in [-0.2, 0) is 12.5 Å². The second-order valence-electron chi connectivity index (χ2n) is 5.50. The zero-order valence-corrected chi connectivity index (χ0v) is 13.7. The number of aromatic nitrogens is 2. The van der Waals surface area contributed by atoms with Crippen molar-refractivity contribution in [3.8, 4) is 0 Å². The van der Waals surface area contributed by atoms with Gasteiger partial charge in [-0.05, 0) is 12.1 Å². The number of nitrogens with zero attached hydrogens (tertiary/aromatic N) is 2. The van der Waals surface area contributed by atoms with Gasteiger partial charge in [-0.2, -0.15) is 0 Å². The third-order valence-corrected chi connectivity index (χ3v) is 3.41. The van der Waals surface area contributed by atoms with E-state index in [1.807, 2.05) is 19.2 Å². The molecular weight excluding hydrogens is 298 g/mol. The van der Waals surface area contributed by atoms with Gasteiger partial charge in [0.15, 0.2) is 0 Å². The SMILES string of the molecule is Cn1c(C(C)(C)C)nc2cc(Cl)c(NC(=S)S)cc21. The minimum Gasteiger partial charge on any atom is -0.340 e. The van der Waals surface area contributed by atoms with Crippen LogP contribution in [-0.4, -0.2) is 13.9 Å². The van der Waals surface area contributed by atoms with Crippen molar-refractivity contribution in [2.24, 2.45) is 7.05 Å². The van der Waals surface area contributed by atoms with Crippen molar-refractivity contribution in [1.82, 2.24) is 9.55 Å². The quantitative estimate of drug-likeness (QED) is 0.612. The predicted molar refractivity (Wildman–Crippen MR) is 89.6 cm³/mol. The number of rotatable bonds is 1. The molecule has 0 atom stereocenters. The maximum Gasteiger partial charge on any atom is 0.135 e. The lowest BCUT2D eigenvalue weighted by molar-refractivity contribution is 0.527. The molecule has 0 aliphatic carbocycles. The molecule has 1 N–H and O–H groups in total. The Balaban J connectivity index is 2.65. The Morgan fingerprint density at radius 3 is 2.58 bits per heavy atom. The molecule has 3 nitrogen and oxygen atoms in total. The summed E-state index contributed by atoms with van der Waals surface area (Å²) in [6, 6.07) is 3.79. The van der Waals surface area contributed by atoms with E-state index in [-0.39, 0.29) is 5.41 Å². The smallest absolute Gasteiger partial charge is 0.135 e. The summed E-state index contributed by atoms with van der Waals surface area (Å²) in [5.41, 5.74) is 2.62. The average Bonchev–Trinajstić information content (AvgIpc) is 2.56. The molecule has 0 fully saturated rings.